The van der Waals surface area contributed by atoms with Gasteiger partial charge in [-0.2, -0.15) is 0 Å². The Hall–Kier alpha value is -2.54. The predicted molar refractivity (Wildman–Crippen MR) is 92.7 cm³/mol. The zero-order chi connectivity index (χ0) is 17.8. The molecule has 2 aromatic rings. The van der Waals surface area contributed by atoms with Gasteiger partial charge >= 0.3 is 5.97 Å². The molecule has 0 bridgehead atoms. The Morgan fingerprint density at radius 3 is 2.60 bits per heavy atom. The number of rotatable bonds is 5. The molecule has 130 valence electrons. The number of carbonyl (C=O) groups excluding carboxylic acids is 2. The lowest BCUT2D eigenvalue weighted by Gasteiger charge is -2.18. The highest BCUT2D eigenvalue weighted by molar-refractivity contribution is 9.10. The van der Waals surface area contributed by atoms with Crippen molar-refractivity contribution >= 4 is 27.7 Å². The van der Waals surface area contributed by atoms with E-state index in [1.165, 1.54) is 7.11 Å². The van der Waals surface area contributed by atoms with Crippen LogP contribution < -0.4 is 14.2 Å². The number of ether oxygens (including phenoxy) is 4. The van der Waals surface area contributed by atoms with E-state index in [2.05, 4.69) is 15.9 Å². The van der Waals surface area contributed by atoms with Gasteiger partial charge in [0.05, 0.1) is 12.7 Å². The van der Waals surface area contributed by atoms with Crippen LogP contribution in [0.25, 0.3) is 0 Å². The minimum atomic E-state index is -0.614. The summed E-state index contributed by atoms with van der Waals surface area (Å²) < 4.78 is 21.6. The quantitative estimate of drug-likeness (QED) is 0.560. The molecule has 0 saturated heterocycles. The highest BCUT2D eigenvalue weighted by Crippen LogP contribution is 2.31. The van der Waals surface area contributed by atoms with Crippen molar-refractivity contribution in [3.8, 4) is 17.2 Å². The van der Waals surface area contributed by atoms with Gasteiger partial charge in [0.15, 0.2) is 23.9 Å². The minimum Gasteiger partial charge on any atom is -0.497 e. The standard InChI is InChI=1S/C18H15BrO6/c1-22-12-3-4-14(19)13(9-12)18(21)25-10-15(20)11-2-5-16-17(8-11)24-7-6-23-16/h2-5,8-9H,6-7,10H2,1H3. The highest BCUT2D eigenvalue weighted by Gasteiger charge is 2.18. The van der Waals surface area contributed by atoms with E-state index >= 15 is 0 Å². The monoisotopic (exact) mass is 406 g/mol. The summed E-state index contributed by atoms with van der Waals surface area (Å²) in [7, 11) is 1.50. The molecule has 0 spiro atoms. The van der Waals surface area contributed by atoms with Crippen molar-refractivity contribution in [1.82, 2.24) is 0 Å². The lowest BCUT2D eigenvalue weighted by molar-refractivity contribution is 0.0473. The Morgan fingerprint density at radius 1 is 1.08 bits per heavy atom. The van der Waals surface area contributed by atoms with Crippen molar-refractivity contribution < 1.29 is 28.5 Å². The SMILES string of the molecule is COc1ccc(Br)c(C(=O)OCC(=O)c2ccc3c(c2)OCCO3)c1. The third-order valence-corrected chi connectivity index (χ3v) is 4.28. The molecule has 0 aromatic heterocycles. The number of methoxy groups -OCH3 is 1. The van der Waals surface area contributed by atoms with Gasteiger partial charge in [0.1, 0.15) is 19.0 Å². The van der Waals surface area contributed by atoms with Crippen LogP contribution in [0.2, 0.25) is 0 Å². The number of Topliss-reactive ketones (excluding diaryl/α,β-unsaturated/α-hetero) is 1. The third kappa shape index (κ3) is 3.93. The number of benzene rings is 2. The molecule has 1 heterocycles. The summed E-state index contributed by atoms with van der Waals surface area (Å²) in [4.78, 5) is 24.5. The molecule has 0 radical (unpaired) electrons. The molecule has 0 saturated carbocycles. The summed E-state index contributed by atoms with van der Waals surface area (Å²) in [6.07, 6.45) is 0. The fraction of sp³-hybridized carbons (Fsp3) is 0.222. The fourth-order valence-electron chi connectivity index (χ4n) is 2.30. The number of halogens is 1. The maximum Gasteiger partial charge on any atom is 0.339 e. The average Bonchev–Trinajstić information content (AvgIpc) is 2.65. The van der Waals surface area contributed by atoms with Crippen molar-refractivity contribution in [3.05, 3.63) is 52.0 Å². The maximum atomic E-state index is 12.3. The first-order valence-electron chi connectivity index (χ1n) is 7.52. The van der Waals surface area contributed by atoms with Gasteiger partial charge in [0.2, 0.25) is 0 Å². The topological polar surface area (TPSA) is 71.1 Å². The lowest BCUT2D eigenvalue weighted by atomic mass is 10.1. The molecule has 25 heavy (non-hydrogen) atoms. The van der Waals surface area contributed by atoms with Crippen LogP contribution in [-0.2, 0) is 4.74 Å². The van der Waals surface area contributed by atoms with Gasteiger partial charge in [-0.3, -0.25) is 4.79 Å². The Kier molecular flexibility index (Phi) is 5.23. The first-order chi connectivity index (χ1) is 12.1. The van der Waals surface area contributed by atoms with Crippen molar-refractivity contribution in [2.24, 2.45) is 0 Å². The zero-order valence-corrected chi connectivity index (χ0v) is 15.0. The Bertz CT molecular complexity index is 817. The van der Waals surface area contributed by atoms with Gasteiger partial charge in [0.25, 0.3) is 0 Å². The molecule has 1 aliphatic heterocycles. The summed E-state index contributed by atoms with van der Waals surface area (Å²) in [5.41, 5.74) is 0.677. The highest BCUT2D eigenvalue weighted by atomic mass is 79.9. The number of fused-ring (bicyclic) bond motifs is 1. The number of carbonyl (C=O) groups is 2. The van der Waals surface area contributed by atoms with Gasteiger partial charge in [0, 0.05) is 10.0 Å². The molecule has 3 rings (SSSR count). The van der Waals surface area contributed by atoms with Crippen LogP contribution in [0.15, 0.2) is 40.9 Å². The molecule has 0 N–H and O–H groups in total. The van der Waals surface area contributed by atoms with E-state index in [0.29, 0.717) is 40.5 Å². The van der Waals surface area contributed by atoms with E-state index in [1.807, 2.05) is 0 Å². The van der Waals surface area contributed by atoms with Crippen molar-refractivity contribution in [2.75, 3.05) is 26.9 Å². The number of esters is 1. The van der Waals surface area contributed by atoms with E-state index in [0.717, 1.165) is 0 Å². The minimum absolute atomic E-state index is 0.286. The Balaban J connectivity index is 1.67. The van der Waals surface area contributed by atoms with E-state index < -0.39 is 5.97 Å². The summed E-state index contributed by atoms with van der Waals surface area (Å²) in [6, 6.07) is 9.81. The fourth-order valence-corrected chi connectivity index (χ4v) is 2.71. The Morgan fingerprint density at radius 2 is 1.84 bits per heavy atom. The molecule has 0 aliphatic carbocycles. The second-order valence-electron chi connectivity index (χ2n) is 5.20. The normalized spacial score (nSPS) is 12.4. The van der Waals surface area contributed by atoms with Crippen molar-refractivity contribution in [2.45, 2.75) is 0 Å². The first-order valence-corrected chi connectivity index (χ1v) is 8.31. The van der Waals surface area contributed by atoms with E-state index in [9.17, 15) is 9.59 Å². The summed E-state index contributed by atoms with van der Waals surface area (Å²) in [6.45, 7) is 0.541. The molecule has 6 nitrogen and oxygen atoms in total. The number of hydrogen-bond donors (Lipinski definition) is 0. The molecule has 0 atom stereocenters. The lowest BCUT2D eigenvalue weighted by Crippen LogP contribution is -2.17. The molecule has 1 aliphatic rings. The second-order valence-corrected chi connectivity index (χ2v) is 6.06. The van der Waals surface area contributed by atoms with Gasteiger partial charge in [-0.15, -0.1) is 0 Å². The summed E-state index contributed by atoms with van der Waals surface area (Å²) in [5.74, 6) is 0.688. The van der Waals surface area contributed by atoms with E-state index in [-0.39, 0.29) is 18.0 Å². The molecule has 7 heteroatoms. The number of hydrogen-bond acceptors (Lipinski definition) is 6. The zero-order valence-electron chi connectivity index (χ0n) is 13.4. The molecular formula is C18H15BrO6. The van der Waals surface area contributed by atoms with Gasteiger partial charge < -0.3 is 18.9 Å². The second kappa shape index (κ2) is 7.57. The molecule has 0 unspecified atom stereocenters. The molecule has 2 aromatic carbocycles. The summed E-state index contributed by atoms with van der Waals surface area (Å²) in [5, 5.41) is 0. The smallest absolute Gasteiger partial charge is 0.339 e. The largest absolute Gasteiger partial charge is 0.497 e. The van der Waals surface area contributed by atoms with Crippen LogP contribution in [0, 0.1) is 0 Å². The number of ketones is 1. The van der Waals surface area contributed by atoms with Gasteiger partial charge in [-0.1, -0.05) is 0 Å². The molecule has 0 amide bonds. The van der Waals surface area contributed by atoms with E-state index in [4.69, 9.17) is 18.9 Å². The van der Waals surface area contributed by atoms with Crippen LogP contribution in [-0.4, -0.2) is 38.7 Å². The van der Waals surface area contributed by atoms with Crippen LogP contribution >= 0.6 is 15.9 Å². The molecular weight excluding hydrogens is 392 g/mol. The van der Waals surface area contributed by atoms with Crippen LogP contribution in [0.1, 0.15) is 20.7 Å². The maximum absolute atomic E-state index is 12.3. The van der Waals surface area contributed by atoms with Crippen molar-refractivity contribution in [3.63, 3.8) is 0 Å². The first kappa shape index (κ1) is 17.3. The van der Waals surface area contributed by atoms with Crippen molar-refractivity contribution in [1.29, 1.82) is 0 Å². The van der Waals surface area contributed by atoms with Crippen LogP contribution in [0.3, 0.4) is 0 Å². The van der Waals surface area contributed by atoms with E-state index in [1.54, 1.807) is 36.4 Å². The summed E-state index contributed by atoms with van der Waals surface area (Å²) >= 11 is 3.28. The van der Waals surface area contributed by atoms with Gasteiger partial charge in [-0.25, -0.2) is 4.79 Å². The Labute approximate surface area is 152 Å². The average molecular weight is 407 g/mol. The molecule has 0 fully saturated rings. The predicted octanol–water partition coefficient (Wildman–Crippen LogP) is 3.27. The third-order valence-electron chi connectivity index (χ3n) is 3.59. The van der Waals surface area contributed by atoms with Crippen LogP contribution in [0.5, 0.6) is 17.2 Å². The van der Waals surface area contributed by atoms with Crippen LogP contribution in [0.4, 0.5) is 0 Å². The van der Waals surface area contributed by atoms with Gasteiger partial charge in [-0.05, 0) is 52.3 Å².